The average molecular weight is 424 g/mol. The molecule has 2 aromatic carbocycles. The first-order valence-corrected chi connectivity index (χ1v) is 10.3. The van der Waals surface area contributed by atoms with Gasteiger partial charge in [0.2, 0.25) is 0 Å². The molecule has 152 valence electrons. The Morgan fingerprint density at radius 3 is 2.54 bits per heavy atom. The zero-order chi connectivity index (χ0) is 19.8. The fourth-order valence-corrected chi connectivity index (χ4v) is 3.46. The summed E-state index contributed by atoms with van der Waals surface area (Å²) in [5.41, 5.74) is 2.12. The van der Waals surface area contributed by atoms with E-state index in [4.69, 9.17) is 32.7 Å². The van der Waals surface area contributed by atoms with Gasteiger partial charge >= 0.3 is 0 Å². The van der Waals surface area contributed by atoms with Crippen molar-refractivity contribution in [1.29, 1.82) is 0 Å². The maximum Gasteiger partial charge on any atom is 0.161 e. The number of nitrogens with one attached hydrogen (secondary N) is 2. The van der Waals surface area contributed by atoms with Crippen molar-refractivity contribution >= 4 is 23.2 Å². The summed E-state index contributed by atoms with van der Waals surface area (Å²) in [5, 5.41) is 7.94. The van der Waals surface area contributed by atoms with E-state index in [1.165, 1.54) is 5.56 Å². The van der Waals surface area contributed by atoms with Gasteiger partial charge in [0.25, 0.3) is 0 Å². The molecule has 1 fully saturated rings. The van der Waals surface area contributed by atoms with E-state index in [0.29, 0.717) is 22.4 Å². The third kappa shape index (κ3) is 6.26. The predicted molar refractivity (Wildman–Crippen MR) is 115 cm³/mol. The maximum absolute atomic E-state index is 6.06. The molecule has 0 unspecified atom stereocenters. The Morgan fingerprint density at radius 1 is 1.00 bits per heavy atom. The molecule has 1 saturated heterocycles. The number of ether oxygens (including phenoxy) is 2. The number of hydrogen-bond donors (Lipinski definition) is 2. The van der Waals surface area contributed by atoms with E-state index in [1.807, 2.05) is 24.3 Å². The minimum atomic E-state index is 0.398. The number of hydrogen-bond acceptors (Lipinski definition) is 5. The summed E-state index contributed by atoms with van der Waals surface area (Å²) in [4.78, 5) is 2.48. The third-order valence-corrected chi connectivity index (χ3v) is 5.49. The standard InChI is InChI=1S/C21H27Cl2N3O2/c1-27-21-13-16(14-25-8-11-26-9-6-24-7-10-26)3-5-20(21)28-15-17-2-4-18(22)19(23)12-17/h2-5,12-13,24-25H,6-11,14-15H2,1H3. The van der Waals surface area contributed by atoms with Crippen molar-refractivity contribution in [1.82, 2.24) is 15.5 Å². The first-order valence-electron chi connectivity index (χ1n) is 9.53. The fourth-order valence-electron chi connectivity index (χ4n) is 3.14. The average Bonchev–Trinajstić information content (AvgIpc) is 2.73. The SMILES string of the molecule is COc1cc(CNCCN2CCNCC2)ccc1OCc1ccc(Cl)c(Cl)c1. The maximum atomic E-state index is 6.06. The Bertz CT molecular complexity index is 767. The van der Waals surface area contributed by atoms with Gasteiger partial charge in [0, 0.05) is 45.8 Å². The molecule has 0 amide bonds. The first kappa shape index (κ1) is 21.2. The highest BCUT2D eigenvalue weighted by Gasteiger charge is 2.09. The van der Waals surface area contributed by atoms with Gasteiger partial charge in [-0.3, -0.25) is 4.90 Å². The highest BCUT2D eigenvalue weighted by Crippen LogP contribution is 2.29. The lowest BCUT2D eigenvalue weighted by molar-refractivity contribution is 0.241. The summed E-state index contributed by atoms with van der Waals surface area (Å²) < 4.78 is 11.4. The predicted octanol–water partition coefficient (Wildman–Crippen LogP) is 3.58. The molecule has 2 N–H and O–H groups in total. The van der Waals surface area contributed by atoms with Crippen LogP contribution in [0.15, 0.2) is 36.4 Å². The number of benzene rings is 2. The second-order valence-corrected chi connectivity index (χ2v) is 7.61. The summed E-state index contributed by atoms with van der Waals surface area (Å²) in [6.45, 7) is 7.66. The smallest absolute Gasteiger partial charge is 0.161 e. The highest BCUT2D eigenvalue weighted by atomic mass is 35.5. The Morgan fingerprint density at radius 2 is 1.79 bits per heavy atom. The largest absolute Gasteiger partial charge is 0.493 e. The summed E-state index contributed by atoms with van der Waals surface area (Å²) >= 11 is 12.0. The molecule has 0 spiro atoms. The van der Waals surface area contributed by atoms with Gasteiger partial charge < -0.3 is 20.1 Å². The highest BCUT2D eigenvalue weighted by molar-refractivity contribution is 6.42. The first-order chi connectivity index (χ1) is 13.7. The number of rotatable bonds is 9. The molecule has 0 saturated carbocycles. The van der Waals surface area contributed by atoms with Crippen LogP contribution in [0.2, 0.25) is 10.0 Å². The van der Waals surface area contributed by atoms with Crippen LogP contribution >= 0.6 is 23.2 Å². The van der Waals surface area contributed by atoms with Gasteiger partial charge in [-0.25, -0.2) is 0 Å². The molecule has 0 aliphatic carbocycles. The Balaban J connectivity index is 1.49. The fraction of sp³-hybridized carbons (Fsp3) is 0.429. The second-order valence-electron chi connectivity index (χ2n) is 6.79. The van der Waals surface area contributed by atoms with Crippen molar-refractivity contribution in [3.05, 3.63) is 57.6 Å². The van der Waals surface area contributed by atoms with Crippen LogP contribution in [0.3, 0.4) is 0 Å². The van der Waals surface area contributed by atoms with Gasteiger partial charge in [0.1, 0.15) is 6.61 Å². The Labute approximate surface area is 176 Å². The molecule has 0 radical (unpaired) electrons. The Kier molecular flexibility index (Phi) is 8.25. The van der Waals surface area contributed by atoms with E-state index >= 15 is 0 Å². The molecule has 5 nitrogen and oxygen atoms in total. The molecule has 7 heteroatoms. The Hall–Kier alpha value is -1.50. The van der Waals surface area contributed by atoms with Gasteiger partial charge in [-0.1, -0.05) is 35.3 Å². The van der Waals surface area contributed by atoms with Crippen molar-refractivity contribution in [3.63, 3.8) is 0 Å². The van der Waals surface area contributed by atoms with Crippen LogP contribution in [0, 0.1) is 0 Å². The zero-order valence-corrected chi connectivity index (χ0v) is 17.7. The lowest BCUT2D eigenvalue weighted by atomic mass is 10.2. The number of piperazine rings is 1. The summed E-state index contributed by atoms with van der Waals surface area (Å²) in [6, 6.07) is 11.5. The number of methoxy groups -OCH3 is 1. The van der Waals surface area contributed by atoms with Crippen LogP contribution in [0.5, 0.6) is 11.5 Å². The van der Waals surface area contributed by atoms with E-state index in [0.717, 1.165) is 57.1 Å². The van der Waals surface area contributed by atoms with Gasteiger partial charge in [-0.15, -0.1) is 0 Å². The van der Waals surface area contributed by atoms with Crippen LogP contribution in [-0.4, -0.2) is 51.3 Å². The molecular formula is C21H27Cl2N3O2. The second kappa shape index (κ2) is 10.9. The van der Waals surface area contributed by atoms with Crippen molar-refractivity contribution in [2.45, 2.75) is 13.2 Å². The van der Waals surface area contributed by atoms with E-state index in [1.54, 1.807) is 13.2 Å². The van der Waals surface area contributed by atoms with Crippen molar-refractivity contribution in [2.75, 3.05) is 46.4 Å². The number of halogens is 2. The van der Waals surface area contributed by atoms with Gasteiger partial charge in [0.05, 0.1) is 17.2 Å². The van der Waals surface area contributed by atoms with Crippen molar-refractivity contribution in [2.24, 2.45) is 0 Å². The van der Waals surface area contributed by atoms with Gasteiger partial charge in [-0.05, 0) is 35.4 Å². The third-order valence-electron chi connectivity index (χ3n) is 4.75. The van der Waals surface area contributed by atoms with Crippen LogP contribution in [0.25, 0.3) is 0 Å². The van der Waals surface area contributed by atoms with E-state index < -0.39 is 0 Å². The molecule has 1 aliphatic rings. The van der Waals surface area contributed by atoms with Crippen LogP contribution in [0.1, 0.15) is 11.1 Å². The topological polar surface area (TPSA) is 45.8 Å². The molecule has 28 heavy (non-hydrogen) atoms. The zero-order valence-electron chi connectivity index (χ0n) is 16.1. The lowest BCUT2D eigenvalue weighted by Crippen LogP contribution is -2.45. The molecule has 1 aliphatic heterocycles. The van der Waals surface area contributed by atoms with Crippen molar-refractivity contribution < 1.29 is 9.47 Å². The van der Waals surface area contributed by atoms with Gasteiger partial charge in [0.15, 0.2) is 11.5 Å². The molecule has 0 atom stereocenters. The van der Waals surface area contributed by atoms with E-state index in [2.05, 4.69) is 21.6 Å². The monoisotopic (exact) mass is 423 g/mol. The van der Waals surface area contributed by atoms with Crippen LogP contribution in [-0.2, 0) is 13.2 Å². The molecule has 2 aromatic rings. The van der Waals surface area contributed by atoms with E-state index in [-0.39, 0.29) is 0 Å². The van der Waals surface area contributed by atoms with Gasteiger partial charge in [-0.2, -0.15) is 0 Å². The van der Waals surface area contributed by atoms with E-state index in [9.17, 15) is 0 Å². The van der Waals surface area contributed by atoms with Crippen molar-refractivity contribution in [3.8, 4) is 11.5 Å². The molecular weight excluding hydrogens is 397 g/mol. The summed E-state index contributed by atoms with van der Waals surface area (Å²) in [6.07, 6.45) is 0. The summed E-state index contributed by atoms with van der Waals surface area (Å²) in [7, 11) is 1.66. The summed E-state index contributed by atoms with van der Waals surface area (Å²) in [5.74, 6) is 1.43. The van der Waals surface area contributed by atoms with Crippen LogP contribution in [0.4, 0.5) is 0 Å². The minimum Gasteiger partial charge on any atom is -0.493 e. The number of nitrogens with zero attached hydrogens (tertiary/aromatic N) is 1. The molecule has 0 bridgehead atoms. The van der Waals surface area contributed by atoms with Crippen LogP contribution < -0.4 is 20.1 Å². The normalized spacial score (nSPS) is 14.8. The lowest BCUT2D eigenvalue weighted by Gasteiger charge is -2.27. The molecule has 0 aromatic heterocycles. The minimum absolute atomic E-state index is 0.398. The quantitative estimate of drug-likeness (QED) is 0.603. The molecule has 3 rings (SSSR count). The molecule has 1 heterocycles.